The van der Waals surface area contributed by atoms with Crippen LogP contribution in [0.25, 0.3) is 0 Å². The van der Waals surface area contributed by atoms with Crippen molar-refractivity contribution in [2.75, 3.05) is 6.61 Å². The van der Waals surface area contributed by atoms with Crippen LogP contribution in [0.2, 0.25) is 0 Å². The van der Waals surface area contributed by atoms with E-state index in [4.69, 9.17) is 15.4 Å². The topological polar surface area (TPSA) is 65.4 Å². The van der Waals surface area contributed by atoms with Crippen molar-refractivity contribution in [3.8, 4) is 0 Å². The summed E-state index contributed by atoms with van der Waals surface area (Å²) in [4.78, 5) is 12.1. The molecule has 1 fully saturated rings. The fourth-order valence-electron chi connectivity index (χ4n) is 2.62. The van der Waals surface area contributed by atoms with Gasteiger partial charge in [-0.3, -0.25) is 0 Å². The predicted molar refractivity (Wildman–Crippen MR) is 80.2 cm³/mol. The van der Waals surface area contributed by atoms with E-state index < -0.39 is 15.0 Å². The van der Waals surface area contributed by atoms with Crippen LogP contribution >= 0.6 is 10.7 Å². The molecule has 1 saturated carbocycles. The maximum absolute atomic E-state index is 12.2. The maximum Gasteiger partial charge on any atom is 0.354 e. The Labute approximate surface area is 129 Å². The molecule has 0 aliphatic heterocycles. The second kappa shape index (κ2) is 6.83. The van der Waals surface area contributed by atoms with Gasteiger partial charge in [0, 0.05) is 22.9 Å². The molecule has 1 aromatic rings. The molecule has 1 aliphatic carbocycles. The van der Waals surface area contributed by atoms with Crippen molar-refractivity contribution < 1.29 is 17.9 Å². The molecule has 0 spiro atoms. The molecule has 0 N–H and O–H groups in total. The van der Waals surface area contributed by atoms with Crippen LogP contribution in [0.1, 0.15) is 62.0 Å². The number of esters is 1. The van der Waals surface area contributed by atoms with Gasteiger partial charge >= 0.3 is 5.97 Å². The van der Waals surface area contributed by atoms with E-state index in [2.05, 4.69) is 0 Å². The number of unbranched alkanes of at least 4 members (excludes halogenated alkanes) is 1. The van der Waals surface area contributed by atoms with Gasteiger partial charge in [0.2, 0.25) is 0 Å². The van der Waals surface area contributed by atoms with Crippen molar-refractivity contribution in [2.45, 2.75) is 56.4 Å². The van der Waals surface area contributed by atoms with Crippen molar-refractivity contribution in [1.82, 2.24) is 4.57 Å². The number of carbonyl (C=O) groups is 1. The zero-order valence-electron chi connectivity index (χ0n) is 12.0. The molecule has 0 aromatic carbocycles. The first-order valence-corrected chi connectivity index (χ1v) is 9.58. The molecule has 0 amide bonds. The third-order valence-corrected chi connectivity index (χ3v) is 5.08. The molecule has 1 aromatic heterocycles. The Morgan fingerprint density at radius 1 is 1.43 bits per heavy atom. The quantitative estimate of drug-likeness (QED) is 0.454. The predicted octanol–water partition coefficient (Wildman–Crippen LogP) is 3.49. The summed E-state index contributed by atoms with van der Waals surface area (Å²) in [6.07, 6.45) is 7.20. The minimum atomic E-state index is -3.85. The van der Waals surface area contributed by atoms with Crippen LogP contribution < -0.4 is 0 Å². The fourth-order valence-corrected chi connectivity index (χ4v) is 3.36. The molecule has 1 heterocycles. The monoisotopic (exact) mass is 333 g/mol. The van der Waals surface area contributed by atoms with Crippen LogP contribution in [0.15, 0.2) is 17.2 Å². The van der Waals surface area contributed by atoms with Gasteiger partial charge in [-0.25, -0.2) is 13.2 Å². The largest absolute Gasteiger partial charge is 0.461 e. The van der Waals surface area contributed by atoms with Crippen LogP contribution in [-0.4, -0.2) is 25.6 Å². The maximum atomic E-state index is 12.2. The lowest BCUT2D eigenvalue weighted by Crippen LogP contribution is -2.15. The molecule has 0 atom stereocenters. The minimum Gasteiger partial charge on any atom is -0.461 e. The summed E-state index contributed by atoms with van der Waals surface area (Å²) in [7, 11) is 1.54. The lowest BCUT2D eigenvalue weighted by atomic mass is 10.2. The Balaban J connectivity index is 2.28. The van der Waals surface area contributed by atoms with Crippen molar-refractivity contribution >= 4 is 25.7 Å². The van der Waals surface area contributed by atoms with E-state index in [0.717, 1.165) is 38.5 Å². The number of hydrogen-bond donors (Lipinski definition) is 0. The van der Waals surface area contributed by atoms with Crippen molar-refractivity contribution in [1.29, 1.82) is 0 Å². The smallest absolute Gasteiger partial charge is 0.354 e. The average Bonchev–Trinajstić information content (AvgIpc) is 3.06. The molecule has 7 heteroatoms. The van der Waals surface area contributed by atoms with E-state index in [-0.39, 0.29) is 16.6 Å². The Kier molecular flexibility index (Phi) is 5.32. The van der Waals surface area contributed by atoms with Crippen LogP contribution in [0.3, 0.4) is 0 Å². The van der Waals surface area contributed by atoms with Crippen LogP contribution in [0, 0.1) is 0 Å². The second-order valence-corrected chi connectivity index (χ2v) is 7.90. The first kappa shape index (κ1) is 16.4. The lowest BCUT2D eigenvalue weighted by molar-refractivity contribution is 0.0484. The number of halogens is 1. The van der Waals surface area contributed by atoms with Gasteiger partial charge in [-0.15, -0.1) is 0 Å². The highest BCUT2D eigenvalue weighted by Crippen LogP contribution is 2.33. The molecular formula is C14H20ClNO4S. The summed E-state index contributed by atoms with van der Waals surface area (Å²) < 4.78 is 29.9. The third-order valence-electron chi connectivity index (χ3n) is 3.76. The number of rotatable bonds is 6. The average molecular weight is 334 g/mol. The number of aromatic nitrogens is 1. The summed E-state index contributed by atoms with van der Waals surface area (Å²) in [6, 6.07) is 1.46. The van der Waals surface area contributed by atoms with Gasteiger partial charge in [0.15, 0.2) is 0 Å². The summed E-state index contributed by atoms with van der Waals surface area (Å²) in [6.45, 7) is 2.35. The van der Waals surface area contributed by atoms with Crippen LogP contribution in [0.4, 0.5) is 0 Å². The third kappa shape index (κ3) is 4.01. The van der Waals surface area contributed by atoms with Crippen molar-refractivity contribution in [3.63, 3.8) is 0 Å². The van der Waals surface area contributed by atoms with Gasteiger partial charge < -0.3 is 9.30 Å². The van der Waals surface area contributed by atoms with Gasteiger partial charge in [-0.05, 0) is 25.3 Å². The SMILES string of the molecule is CCCCOC(=O)c1cc(S(=O)(=O)Cl)cn1C1CCCC1. The van der Waals surface area contributed by atoms with Crippen LogP contribution in [0.5, 0.6) is 0 Å². The molecule has 0 unspecified atom stereocenters. The first-order chi connectivity index (χ1) is 9.93. The van der Waals surface area contributed by atoms with Gasteiger partial charge in [0.1, 0.15) is 10.6 Å². The van der Waals surface area contributed by atoms with E-state index in [1.54, 1.807) is 4.57 Å². The van der Waals surface area contributed by atoms with E-state index in [0.29, 0.717) is 6.61 Å². The molecule has 2 rings (SSSR count). The second-order valence-electron chi connectivity index (χ2n) is 5.33. The summed E-state index contributed by atoms with van der Waals surface area (Å²) in [5.41, 5.74) is 0.275. The highest BCUT2D eigenvalue weighted by molar-refractivity contribution is 8.13. The number of hydrogen-bond acceptors (Lipinski definition) is 4. The fraction of sp³-hybridized carbons (Fsp3) is 0.643. The van der Waals surface area contributed by atoms with Gasteiger partial charge in [-0.2, -0.15) is 0 Å². The molecule has 0 bridgehead atoms. The highest BCUT2D eigenvalue weighted by atomic mass is 35.7. The van der Waals surface area contributed by atoms with Crippen molar-refractivity contribution in [2.24, 2.45) is 0 Å². The van der Waals surface area contributed by atoms with Crippen molar-refractivity contribution in [3.05, 3.63) is 18.0 Å². The molecule has 5 nitrogen and oxygen atoms in total. The molecule has 118 valence electrons. The van der Waals surface area contributed by atoms with E-state index >= 15 is 0 Å². The Hall–Kier alpha value is -1.01. The normalized spacial score (nSPS) is 16.3. The number of nitrogens with zero attached hydrogens (tertiary/aromatic N) is 1. The summed E-state index contributed by atoms with van der Waals surface area (Å²) in [5, 5.41) is 0. The lowest BCUT2D eigenvalue weighted by Gasteiger charge is -2.15. The minimum absolute atomic E-state index is 0.0430. The zero-order chi connectivity index (χ0) is 15.5. The number of carbonyl (C=O) groups excluding carboxylic acids is 1. The molecule has 0 radical (unpaired) electrons. The zero-order valence-corrected chi connectivity index (χ0v) is 13.6. The van der Waals surface area contributed by atoms with E-state index in [1.807, 2.05) is 6.92 Å². The summed E-state index contributed by atoms with van der Waals surface area (Å²) in [5.74, 6) is -0.484. The van der Waals surface area contributed by atoms with E-state index in [1.165, 1.54) is 12.3 Å². The molecule has 1 aliphatic rings. The van der Waals surface area contributed by atoms with Gasteiger partial charge in [0.05, 0.1) is 6.61 Å². The Morgan fingerprint density at radius 3 is 2.67 bits per heavy atom. The Morgan fingerprint density at radius 2 is 2.10 bits per heavy atom. The highest BCUT2D eigenvalue weighted by Gasteiger charge is 2.26. The molecule has 0 saturated heterocycles. The standard InChI is InChI=1S/C14H20ClNO4S/c1-2-3-8-20-14(17)13-9-12(21(15,18)19)10-16(13)11-6-4-5-7-11/h9-11H,2-8H2,1H3. The van der Waals surface area contributed by atoms with Gasteiger partial charge in [0.25, 0.3) is 9.05 Å². The van der Waals surface area contributed by atoms with Gasteiger partial charge in [-0.1, -0.05) is 26.2 Å². The summed E-state index contributed by atoms with van der Waals surface area (Å²) >= 11 is 0. The molecule has 21 heavy (non-hydrogen) atoms. The molecular weight excluding hydrogens is 314 g/mol. The van der Waals surface area contributed by atoms with Crippen LogP contribution in [-0.2, 0) is 13.8 Å². The number of ether oxygens (including phenoxy) is 1. The van der Waals surface area contributed by atoms with E-state index in [9.17, 15) is 13.2 Å². The Bertz CT molecular complexity index is 602. The first-order valence-electron chi connectivity index (χ1n) is 7.27.